The second kappa shape index (κ2) is 5.33. The molecule has 0 radical (unpaired) electrons. The Morgan fingerprint density at radius 1 is 1.33 bits per heavy atom. The Hall–Kier alpha value is -1.65. The summed E-state index contributed by atoms with van der Waals surface area (Å²) in [6, 6.07) is 9.16. The van der Waals surface area contributed by atoms with Gasteiger partial charge < -0.3 is 4.74 Å². The number of aryl methyl sites for hydroxylation is 1. The van der Waals surface area contributed by atoms with Crippen molar-refractivity contribution in [1.82, 2.24) is 9.78 Å². The molecule has 0 unspecified atom stereocenters. The predicted octanol–water partition coefficient (Wildman–Crippen LogP) is 2.25. The summed E-state index contributed by atoms with van der Waals surface area (Å²) in [5.74, 6) is 0. The van der Waals surface area contributed by atoms with Crippen LogP contribution in [-0.2, 0) is 18.4 Å². The summed E-state index contributed by atoms with van der Waals surface area (Å²) in [6.45, 7) is 0.558. The van der Waals surface area contributed by atoms with E-state index in [0.717, 1.165) is 11.1 Å². The van der Waals surface area contributed by atoms with Gasteiger partial charge in [-0.15, -0.1) is 0 Å². The molecule has 0 aliphatic heterocycles. The minimum atomic E-state index is -0.185. The minimum absolute atomic E-state index is 0.185. The lowest BCUT2D eigenvalue weighted by atomic mass is 10.1. The second-order valence-corrected chi connectivity index (χ2v) is 4.30. The molecule has 4 nitrogen and oxygen atoms in total. The van der Waals surface area contributed by atoms with Crippen molar-refractivity contribution in [2.45, 2.75) is 6.61 Å². The van der Waals surface area contributed by atoms with Crippen LogP contribution in [0.2, 0.25) is 5.15 Å². The highest BCUT2D eigenvalue weighted by Crippen LogP contribution is 2.24. The average Bonchev–Trinajstić information content (AvgIpc) is 2.35. The van der Waals surface area contributed by atoms with Crippen LogP contribution in [0.5, 0.6) is 0 Å². The molecule has 0 saturated carbocycles. The molecule has 94 valence electrons. The first-order valence-electron chi connectivity index (χ1n) is 5.44. The summed E-state index contributed by atoms with van der Waals surface area (Å²) in [4.78, 5) is 11.6. The molecule has 5 heteroatoms. The fourth-order valence-corrected chi connectivity index (χ4v) is 1.94. The number of halogens is 1. The number of rotatable bonds is 3. The van der Waals surface area contributed by atoms with Crippen LogP contribution in [0.1, 0.15) is 5.56 Å². The molecule has 0 N–H and O–H groups in total. The number of hydrogen-bond donors (Lipinski definition) is 0. The van der Waals surface area contributed by atoms with E-state index < -0.39 is 0 Å². The second-order valence-electron chi connectivity index (χ2n) is 3.94. The summed E-state index contributed by atoms with van der Waals surface area (Å²) in [6.07, 6.45) is 0. The Labute approximate surface area is 110 Å². The standard InChI is InChI=1S/C13H13ClN2O2/c1-16-12(17)7-11(13(14)15-16)10-5-3-9(4-6-10)8-18-2/h3-7H,8H2,1-2H3. The van der Waals surface area contributed by atoms with Gasteiger partial charge in [0.05, 0.1) is 6.61 Å². The maximum absolute atomic E-state index is 11.6. The van der Waals surface area contributed by atoms with E-state index >= 15 is 0 Å². The highest BCUT2D eigenvalue weighted by Gasteiger charge is 2.07. The Morgan fingerprint density at radius 3 is 2.61 bits per heavy atom. The highest BCUT2D eigenvalue weighted by atomic mass is 35.5. The van der Waals surface area contributed by atoms with Crippen LogP contribution >= 0.6 is 11.6 Å². The van der Waals surface area contributed by atoms with Crippen molar-refractivity contribution in [3.63, 3.8) is 0 Å². The van der Waals surface area contributed by atoms with Crippen LogP contribution in [0.4, 0.5) is 0 Å². The van der Waals surface area contributed by atoms with Crippen LogP contribution in [0.3, 0.4) is 0 Å². The number of hydrogen-bond acceptors (Lipinski definition) is 3. The third kappa shape index (κ3) is 2.60. The molecule has 0 bridgehead atoms. The van der Waals surface area contributed by atoms with E-state index in [-0.39, 0.29) is 5.56 Å². The lowest BCUT2D eigenvalue weighted by Crippen LogP contribution is -2.18. The first-order valence-corrected chi connectivity index (χ1v) is 5.81. The molecule has 0 atom stereocenters. The van der Waals surface area contributed by atoms with Gasteiger partial charge in [0.15, 0.2) is 5.15 Å². The van der Waals surface area contributed by atoms with Crippen molar-refractivity contribution >= 4 is 11.6 Å². The maximum Gasteiger partial charge on any atom is 0.267 e. The van der Waals surface area contributed by atoms with Crippen molar-refractivity contribution in [2.75, 3.05) is 7.11 Å². The maximum atomic E-state index is 11.6. The van der Waals surface area contributed by atoms with Crippen LogP contribution in [0, 0.1) is 0 Å². The van der Waals surface area contributed by atoms with Gasteiger partial charge in [-0.25, -0.2) is 4.68 Å². The van der Waals surface area contributed by atoms with Crippen molar-refractivity contribution in [2.24, 2.45) is 7.05 Å². The van der Waals surface area contributed by atoms with Crippen molar-refractivity contribution < 1.29 is 4.74 Å². The number of benzene rings is 1. The normalized spacial score (nSPS) is 10.6. The lowest BCUT2D eigenvalue weighted by molar-refractivity contribution is 0.185. The lowest BCUT2D eigenvalue weighted by Gasteiger charge is -2.06. The van der Waals surface area contributed by atoms with Crippen LogP contribution in [-0.4, -0.2) is 16.9 Å². The van der Waals surface area contributed by atoms with Gasteiger partial charge in [0, 0.05) is 25.8 Å². The molecule has 1 heterocycles. The molecule has 0 amide bonds. The monoisotopic (exact) mass is 264 g/mol. The molecule has 0 aliphatic carbocycles. The fourth-order valence-electron chi connectivity index (χ4n) is 1.66. The van der Waals surface area contributed by atoms with E-state index in [9.17, 15) is 4.79 Å². The molecule has 2 rings (SSSR count). The zero-order valence-electron chi connectivity index (χ0n) is 10.2. The van der Waals surface area contributed by atoms with Gasteiger partial charge in [-0.05, 0) is 11.1 Å². The smallest absolute Gasteiger partial charge is 0.267 e. The Kier molecular flexibility index (Phi) is 3.79. The molecular formula is C13H13ClN2O2. The van der Waals surface area contributed by atoms with Gasteiger partial charge in [-0.1, -0.05) is 35.9 Å². The zero-order chi connectivity index (χ0) is 13.1. The molecule has 1 aromatic heterocycles. The zero-order valence-corrected chi connectivity index (χ0v) is 10.9. The van der Waals surface area contributed by atoms with Gasteiger partial charge in [0.1, 0.15) is 0 Å². The van der Waals surface area contributed by atoms with Gasteiger partial charge in [0.2, 0.25) is 0 Å². The first kappa shape index (κ1) is 12.8. The number of aromatic nitrogens is 2. The van der Waals surface area contributed by atoms with Crippen LogP contribution < -0.4 is 5.56 Å². The third-order valence-electron chi connectivity index (χ3n) is 2.62. The number of nitrogens with zero attached hydrogens (tertiary/aromatic N) is 2. The topological polar surface area (TPSA) is 44.1 Å². The van der Waals surface area contributed by atoms with E-state index in [2.05, 4.69) is 5.10 Å². The molecule has 1 aromatic carbocycles. The SMILES string of the molecule is COCc1ccc(-c2cc(=O)n(C)nc2Cl)cc1. The molecule has 0 saturated heterocycles. The van der Waals surface area contributed by atoms with Gasteiger partial charge in [-0.2, -0.15) is 5.10 Å². The largest absolute Gasteiger partial charge is 0.380 e. The van der Waals surface area contributed by atoms with E-state index in [4.69, 9.17) is 16.3 Å². The molecule has 0 spiro atoms. The average molecular weight is 265 g/mol. The predicted molar refractivity (Wildman–Crippen MR) is 70.6 cm³/mol. The summed E-state index contributed by atoms with van der Waals surface area (Å²) in [7, 11) is 3.22. The first-order chi connectivity index (χ1) is 8.61. The van der Waals surface area contributed by atoms with Gasteiger partial charge in [0.25, 0.3) is 5.56 Å². The summed E-state index contributed by atoms with van der Waals surface area (Å²) < 4.78 is 6.25. The Balaban J connectivity index is 2.42. The molecule has 2 aromatic rings. The highest BCUT2D eigenvalue weighted by molar-refractivity contribution is 6.32. The molecular weight excluding hydrogens is 252 g/mol. The number of methoxy groups -OCH3 is 1. The molecule has 18 heavy (non-hydrogen) atoms. The Morgan fingerprint density at radius 2 is 2.00 bits per heavy atom. The van der Waals surface area contributed by atoms with Crippen molar-refractivity contribution in [1.29, 1.82) is 0 Å². The number of ether oxygens (including phenoxy) is 1. The summed E-state index contributed by atoms with van der Waals surface area (Å²) in [5.41, 5.74) is 2.39. The molecule has 0 aliphatic rings. The minimum Gasteiger partial charge on any atom is -0.380 e. The quantitative estimate of drug-likeness (QED) is 0.854. The van der Waals surface area contributed by atoms with E-state index in [1.165, 1.54) is 10.7 Å². The summed E-state index contributed by atoms with van der Waals surface area (Å²) in [5, 5.41) is 4.27. The van der Waals surface area contributed by atoms with E-state index in [0.29, 0.717) is 17.3 Å². The summed E-state index contributed by atoms with van der Waals surface area (Å²) >= 11 is 6.04. The van der Waals surface area contributed by atoms with E-state index in [1.807, 2.05) is 24.3 Å². The van der Waals surface area contributed by atoms with Crippen LogP contribution in [0.25, 0.3) is 11.1 Å². The Bertz CT molecular complexity index is 605. The van der Waals surface area contributed by atoms with Crippen molar-refractivity contribution in [3.8, 4) is 11.1 Å². The van der Waals surface area contributed by atoms with E-state index in [1.54, 1.807) is 14.2 Å². The van der Waals surface area contributed by atoms with Crippen LogP contribution in [0.15, 0.2) is 35.1 Å². The van der Waals surface area contributed by atoms with Gasteiger partial charge in [-0.3, -0.25) is 4.79 Å². The third-order valence-corrected chi connectivity index (χ3v) is 2.90. The van der Waals surface area contributed by atoms with Crippen molar-refractivity contribution in [3.05, 3.63) is 51.4 Å². The fraction of sp³-hybridized carbons (Fsp3) is 0.231. The molecule has 0 fully saturated rings. The van der Waals surface area contributed by atoms with Gasteiger partial charge >= 0.3 is 0 Å².